The largest absolute Gasteiger partial charge is 0.398 e. The molecule has 0 fully saturated rings. The molecule has 0 spiro atoms. The summed E-state index contributed by atoms with van der Waals surface area (Å²) in [5.41, 5.74) is 6.97. The van der Waals surface area contributed by atoms with Crippen LogP contribution in [-0.2, 0) is 10.0 Å². The maximum atomic E-state index is 11.8. The van der Waals surface area contributed by atoms with Crippen LogP contribution in [0.4, 0.5) is 5.69 Å². The van der Waals surface area contributed by atoms with Crippen molar-refractivity contribution in [3.05, 3.63) is 23.5 Å². The summed E-state index contributed by atoms with van der Waals surface area (Å²) in [7, 11) is -3.34. The molecule has 0 aromatic carbocycles. The molecule has 8 heteroatoms. The first-order valence-corrected chi connectivity index (χ1v) is 7.48. The van der Waals surface area contributed by atoms with Crippen LogP contribution in [0.5, 0.6) is 0 Å². The lowest BCUT2D eigenvalue weighted by molar-refractivity contribution is 0.0956. The van der Waals surface area contributed by atoms with Gasteiger partial charge in [-0.1, -0.05) is 6.92 Å². The van der Waals surface area contributed by atoms with Crippen LogP contribution in [0.3, 0.4) is 0 Å². The minimum atomic E-state index is -3.34. The number of sulfonamides is 1. The molecule has 0 radical (unpaired) electrons. The Hall–Kier alpha value is -1.67. The Bertz CT molecular complexity index is 557. The molecular weight excluding hydrogens is 268 g/mol. The number of aromatic nitrogens is 1. The van der Waals surface area contributed by atoms with Gasteiger partial charge in [-0.15, -0.1) is 0 Å². The highest BCUT2D eigenvalue weighted by molar-refractivity contribution is 7.89. The van der Waals surface area contributed by atoms with Gasteiger partial charge in [0.15, 0.2) is 0 Å². The molecule has 1 rings (SSSR count). The van der Waals surface area contributed by atoms with E-state index < -0.39 is 15.9 Å². The van der Waals surface area contributed by atoms with Crippen molar-refractivity contribution in [1.82, 2.24) is 15.0 Å². The number of carbonyl (C=O) groups is 1. The second kappa shape index (κ2) is 6.48. The van der Waals surface area contributed by atoms with Crippen LogP contribution >= 0.6 is 0 Å². The standard InChI is InChI=1S/C11H18N4O3S/c1-3-15-19(17,18)5-4-13-11(16)9-7-14-8(2)6-10(9)12/h6-7,15H,3-5H2,1-2H3,(H2,12,14)(H,13,16). The fourth-order valence-corrected chi connectivity index (χ4v) is 2.41. The average molecular weight is 286 g/mol. The van der Waals surface area contributed by atoms with Gasteiger partial charge in [-0.05, 0) is 13.0 Å². The van der Waals surface area contributed by atoms with Crippen LogP contribution in [0.15, 0.2) is 12.3 Å². The zero-order chi connectivity index (χ0) is 14.5. The molecule has 0 bridgehead atoms. The van der Waals surface area contributed by atoms with Gasteiger partial charge in [0.1, 0.15) is 0 Å². The number of pyridine rings is 1. The fourth-order valence-electron chi connectivity index (χ4n) is 1.46. The second-order valence-electron chi connectivity index (χ2n) is 3.99. The van der Waals surface area contributed by atoms with Gasteiger partial charge in [-0.2, -0.15) is 0 Å². The smallest absolute Gasteiger partial charge is 0.254 e. The van der Waals surface area contributed by atoms with E-state index in [9.17, 15) is 13.2 Å². The lowest BCUT2D eigenvalue weighted by Gasteiger charge is -2.08. The summed E-state index contributed by atoms with van der Waals surface area (Å²) < 4.78 is 25.1. The highest BCUT2D eigenvalue weighted by Gasteiger charge is 2.12. The second-order valence-corrected chi connectivity index (χ2v) is 5.91. The van der Waals surface area contributed by atoms with Crippen LogP contribution in [0.2, 0.25) is 0 Å². The molecule has 1 amide bonds. The van der Waals surface area contributed by atoms with Gasteiger partial charge in [0.05, 0.1) is 11.3 Å². The summed E-state index contributed by atoms with van der Waals surface area (Å²) >= 11 is 0. The zero-order valence-electron chi connectivity index (χ0n) is 10.9. The molecule has 106 valence electrons. The fraction of sp³-hybridized carbons (Fsp3) is 0.455. The third-order valence-electron chi connectivity index (χ3n) is 2.34. The molecule has 4 N–H and O–H groups in total. The number of nitrogens with zero attached hydrogens (tertiary/aromatic N) is 1. The summed E-state index contributed by atoms with van der Waals surface area (Å²) in [6, 6.07) is 1.59. The number of nitrogens with two attached hydrogens (primary N) is 1. The monoisotopic (exact) mass is 286 g/mol. The van der Waals surface area contributed by atoms with Gasteiger partial charge in [0, 0.05) is 30.7 Å². The van der Waals surface area contributed by atoms with Crippen molar-refractivity contribution in [3.8, 4) is 0 Å². The number of rotatable bonds is 6. The Morgan fingerprint density at radius 1 is 1.47 bits per heavy atom. The van der Waals surface area contributed by atoms with Crippen LogP contribution in [-0.4, -0.2) is 38.2 Å². The Morgan fingerprint density at radius 2 is 2.16 bits per heavy atom. The van der Waals surface area contributed by atoms with E-state index in [1.807, 2.05) is 0 Å². The van der Waals surface area contributed by atoms with E-state index in [1.165, 1.54) is 6.20 Å². The van der Waals surface area contributed by atoms with E-state index in [0.717, 1.165) is 0 Å². The highest BCUT2D eigenvalue weighted by Crippen LogP contribution is 2.10. The summed E-state index contributed by atoms with van der Waals surface area (Å²) in [6.45, 7) is 3.79. The SMILES string of the molecule is CCNS(=O)(=O)CCNC(=O)c1cnc(C)cc1N. The van der Waals surface area contributed by atoms with Gasteiger partial charge < -0.3 is 11.1 Å². The molecule has 0 aliphatic heterocycles. The molecule has 0 saturated heterocycles. The minimum Gasteiger partial charge on any atom is -0.398 e. The Balaban J connectivity index is 2.57. The van der Waals surface area contributed by atoms with E-state index in [1.54, 1.807) is 19.9 Å². The average Bonchev–Trinajstić information content (AvgIpc) is 2.28. The summed E-state index contributed by atoms with van der Waals surface area (Å²) in [4.78, 5) is 15.8. The molecule has 1 heterocycles. The van der Waals surface area contributed by atoms with E-state index in [-0.39, 0.29) is 17.9 Å². The summed E-state index contributed by atoms with van der Waals surface area (Å²) in [5.74, 6) is -0.608. The van der Waals surface area contributed by atoms with Crippen LogP contribution in [0.1, 0.15) is 23.0 Å². The van der Waals surface area contributed by atoms with Crippen molar-refractivity contribution >= 4 is 21.6 Å². The number of nitrogen functional groups attached to an aromatic ring is 1. The number of nitrogens with one attached hydrogen (secondary N) is 2. The molecule has 0 atom stereocenters. The van der Waals surface area contributed by atoms with Crippen molar-refractivity contribution < 1.29 is 13.2 Å². The maximum absolute atomic E-state index is 11.8. The molecule has 0 aliphatic carbocycles. The normalized spacial score (nSPS) is 11.3. The molecule has 1 aromatic rings. The van der Waals surface area contributed by atoms with Gasteiger partial charge in [0.2, 0.25) is 10.0 Å². The molecule has 1 aromatic heterocycles. The first-order chi connectivity index (χ1) is 8.85. The predicted octanol–water partition coefficient (Wildman–Crippen LogP) is -0.359. The topological polar surface area (TPSA) is 114 Å². The number of hydrogen-bond donors (Lipinski definition) is 3. The summed E-state index contributed by atoms with van der Waals surface area (Å²) in [6.07, 6.45) is 1.37. The van der Waals surface area contributed by atoms with Crippen molar-refractivity contribution in [2.45, 2.75) is 13.8 Å². The van der Waals surface area contributed by atoms with E-state index in [4.69, 9.17) is 5.73 Å². The van der Waals surface area contributed by atoms with Gasteiger partial charge >= 0.3 is 0 Å². The number of aryl methyl sites for hydroxylation is 1. The van der Waals surface area contributed by atoms with Gasteiger partial charge in [-0.3, -0.25) is 9.78 Å². The molecular formula is C11H18N4O3S. The minimum absolute atomic E-state index is 0.0154. The van der Waals surface area contributed by atoms with Crippen molar-refractivity contribution in [2.75, 3.05) is 24.6 Å². The van der Waals surface area contributed by atoms with E-state index in [0.29, 0.717) is 17.9 Å². The quantitative estimate of drug-likeness (QED) is 0.661. The highest BCUT2D eigenvalue weighted by atomic mass is 32.2. The van der Waals surface area contributed by atoms with Crippen molar-refractivity contribution in [3.63, 3.8) is 0 Å². The zero-order valence-corrected chi connectivity index (χ0v) is 11.8. The van der Waals surface area contributed by atoms with Crippen LogP contribution < -0.4 is 15.8 Å². The van der Waals surface area contributed by atoms with Crippen LogP contribution in [0, 0.1) is 6.92 Å². The molecule has 0 unspecified atom stereocenters. The first-order valence-electron chi connectivity index (χ1n) is 5.83. The lowest BCUT2D eigenvalue weighted by Crippen LogP contribution is -2.34. The molecule has 19 heavy (non-hydrogen) atoms. The third kappa shape index (κ3) is 4.84. The number of carbonyl (C=O) groups excluding carboxylic acids is 1. The van der Waals surface area contributed by atoms with E-state index >= 15 is 0 Å². The van der Waals surface area contributed by atoms with Crippen LogP contribution in [0.25, 0.3) is 0 Å². The van der Waals surface area contributed by atoms with E-state index in [2.05, 4.69) is 15.0 Å². The lowest BCUT2D eigenvalue weighted by atomic mass is 10.2. The Morgan fingerprint density at radius 3 is 2.74 bits per heavy atom. The maximum Gasteiger partial charge on any atom is 0.254 e. The predicted molar refractivity (Wildman–Crippen MR) is 73.2 cm³/mol. The van der Waals surface area contributed by atoms with Gasteiger partial charge in [0.25, 0.3) is 5.91 Å². The molecule has 0 saturated carbocycles. The van der Waals surface area contributed by atoms with Crippen molar-refractivity contribution in [2.24, 2.45) is 0 Å². The molecule has 0 aliphatic rings. The Labute approximate surface area is 112 Å². The Kier molecular flexibility index (Phi) is 5.25. The number of anilines is 1. The third-order valence-corrected chi connectivity index (χ3v) is 3.81. The summed E-state index contributed by atoms with van der Waals surface area (Å²) in [5, 5.41) is 2.50. The molecule has 7 nitrogen and oxygen atoms in total. The first kappa shape index (κ1) is 15.4. The number of hydrogen-bond acceptors (Lipinski definition) is 5. The number of amides is 1. The van der Waals surface area contributed by atoms with Crippen molar-refractivity contribution in [1.29, 1.82) is 0 Å². The van der Waals surface area contributed by atoms with Gasteiger partial charge in [-0.25, -0.2) is 13.1 Å².